The number of thiophene rings is 1. The highest BCUT2D eigenvalue weighted by Crippen LogP contribution is 2.25. The predicted octanol–water partition coefficient (Wildman–Crippen LogP) is 1.09. The monoisotopic (exact) mass is 359 g/mol. The fourth-order valence-electron chi connectivity index (χ4n) is 2.29. The molecule has 126 valence electrons. The fourth-order valence-corrected chi connectivity index (χ4v) is 3.23. The molecule has 1 aromatic rings. The minimum atomic E-state index is -0.721. The lowest BCUT2D eigenvalue weighted by Crippen LogP contribution is -2.49. The molecule has 2 N–H and O–H groups in total. The molecule has 0 bridgehead atoms. The lowest BCUT2D eigenvalue weighted by Gasteiger charge is -2.32. The van der Waals surface area contributed by atoms with Crippen molar-refractivity contribution >= 4 is 45.7 Å². The molecule has 2 rings (SSSR count). The Hall–Kier alpha value is -1.64. The zero-order chi connectivity index (χ0) is 16.8. The molecule has 0 aliphatic carbocycles. The molecule has 0 radical (unpaired) electrons. The molecule has 9 heteroatoms. The van der Waals surface area contributed by atoms with E-state index in [4.69, 9.17) is 16.3 Å². The van der Waals surface area contributed by atoms with Crippen molar-refractivity contribution in [2.45, 2.75) is 18.9 Å². The van der Waals surface area contributed by atoms with E-state index in [0.717, 1.165) is 0 Å². The van der Waals surface area contributed by atoms with E-state index in [1.165, 1.54) is 18.4 Å². The Labute approximate surface area is 142 Å². The minimum absolute atomic E-state index is 0.0583. The van der Waals surface area contributed by atoms with Crippen molar-refractivity contribution in [1.82, 2.24) is 10.2 Å². The number of anilines is 1. The molecule has 0 saturated carbocycles. The molecule has 7 nitrogen and oxygen atoms in total. The number of methoxy groups -OCH3 is 1. The van der Waals surface area contributed by atoms with Gasteiger partial charge in [0.25, 0.3) is 0 Å². The SMILES string of the molecule is COCC(=O)N1CCC(NC(=O)C(=O)Nc2ccc(Cl)s2)CC1. The van der Waals surface area contributed by atoms with Crippen LogP contribution in [-0.2, 0) is 19.1 Å². The number of carbonyl (C=O) groups is 3. The van der Waals surface area contributed by atoms with E-state index in [1.54, 1.807) is 17.0 Å². The number of nitrogens with zero attached hydrogens (tertiary/aromatic N) is 1. The Balaban J connectivity index is 1.76. The Kier molecular flexibility index (Phi) is 6.37. The summed E-state index contributed by atoms with van der Waals surface area (Å²) in [4.78, 5) is 37.1. The number of piperidine rings is 1. The quantitative estimate of drug-likeness (QED) is 0.788. The van der Waals surface area contributed by atoms with E-state index in [-0.39, 0.29) is 18.6 Å². The number of halogens is 1. The van der Waals surface area contributed by atoms with Crippen LogP contribution in [0.5, 0.6) is 0 Å². The molecule has 23 heavy (non-hydrogen) atoms. The van der Waals surface area contributed by atoms with E-state index in [9.17, 15) is 14.4 Å². The van der Waals surface area contributed by atoms with Gasteiger partial charge >= 0.3 is 11.8 Å². The summed E-state index contributed by atoms with van der Waals surface area (Å²) in [6, 6.07) is 3.16. The van der Waals surface area contributed by atoms with Crippen LogP contribution in [0.4, 0.5) is 5.00 Å². The Morgan fingerprint density at radius 1 is 1.30 bits per heavy atom. The molecule has 1 fully saturated rings. The van der Waals surface area contributed by atoms with Gasteiger partial charge in [-0.2, -0.15) is 0 Å². The first-order valence-electron chi connectivity index (χ1n) is 7.13. The molecule has 1 aliphatic rings. The summed E-state index contributed by atoms with van der Waals surface area (Å²) in [6.07, 6.45) is 1.22. The van der Waals surface area contributed by atoms with Gasteiger partial charge in [-0.3, -0.25) is 14.4 Å². The minimum Gasteiger partial charge on any atom is -0.375 e. The molecule has 1 aliphatic heterocycles. The number of carbonyl (C=O) groups excluding carboxylic acids is 3. The maximum atomic E-state index is 11.9. The van der Waals surface area contributed by atoms with Crippen LogP contribution >= 0.6 is 22.9 Å². The van der Waals surface area contributed by atoms with Crippen molar-refractivity contribution in [3.05, 3.63) is 16.5 Å². The summed E-state index contributed by atoms with van der Waals surface area (Å²) in [6.45, 7) is 1.13. The molecule has 1 aromatic heterocycles. The lowest BCUT2D eigenvalue weighted by atomic mass is 10.0. The largest absolute Gasteiger partial charge is 0.375 e. The number of amides is 3. The van der Waals surface area contributed by atoms with Crippen LogP contribution in [0, 0.1) is 0 Å². The van der Waals surface area contributed by atoms with Gasteiger partial charge in [0.15, 0.2) is 0 Å². The van der Waals surface area contributed by atoms with Crippen molar-refractivity contribution in [2.75, 3.05) is 32.1 Å². The highest BCUT2D eigenvalue weighted by atomic mass is 35.5. The predicted molar refractivity (Wildman–Crippen MR) is 87.6 cm³/mol. The van der Waals surface area contributed by atoms with Crippen LogP contribution < -0.4 is 10.6 Å². The van der Waals surface area contributed by atoms with Crippen LogP contribution in [0.1, 0.15) is 12.8 Å². The number of nitrogens with one attached hydrogen (secondary N) is 2. The topological polar surface area (TPSA) is 87.7 Å². The number of likely N-dealkylation sites (tertiary alicyclic amines) is 1. The zero-order valence-corrected chi connectivity index (χ0v) is 14.2. The molecule has 0 atom stereocenters. The maximum absolute atomic E-state index is 11.9. The van der Waals surface area contributed by atoms with Gasteiger partial charge < -0.3 is 20.3 Å². The molecule has 0 aromatic carbocycles. The van der Waals surface area contributed by atoms with Gasteiger partial charge in [0.2, 0.25) is 5.91 Å². The molecule has 1 saturated heterocycles. The average Bonchev–Trinajstić information content (AvgIpc) is 2.93. The number of hydrogen-bond acceptors (Lipinski definition) is 5. The summed E-state index contributed by atoms with van der Waals surface area (Å²) in [5, 5.41) is 5.71. The molecule has 0 spiro atoms. The second kappa shape index (κ2) is 8.28. The zero-order valence-electron chi connectivity index (χ0n) is 12.6. The van der Waals surface area contributed by atoms with E-state index in [0.29, 0.717) is 35.3 Å². The van der Waals surface area contributed by atoms with Crippen molar-refractivity contribution < 1.29 is 19.1 Å². The molecule has 2 heterocycles. The van der Waals surface area contributed by atoms with Gasteiger partial charge in [-0.05, 0) is 25.0 Å². The summed E-state index contributed by atoms with van der Waals surface area (Å²) in [5.41, 5.74) is 0. The van der Waals surface area contributed by atoms with Crippen LogP contribution in [-0.4, -0.2) is 55.5 Å². The third kappa shape index (κ3) is 5.19. The first kappa shape index (κ1) is 17.7. The molecular formula is C14H18ClN3O4S. The Bertz CT molecular complexity index is 584. The number of hydrogen-bond donors (Lipinski definition) is 2. The second-order valence-electron chi connectivity index (χ2n) is 5.12. The second-order valence-corrected chi connectivity index (χ2v) is 6.83. The van der Waals surface area contributed by atoms with E-state index in [2.05, 4.69) is 10.6 Å². The summed E-state index contributed by atoms with van der Waals surface area (Å²) < 4.78 is 5.35. The Morgan fingerprint density at radius 3 is 2.57 bits per heavy atom. The first-order valence-corrected chi connectivity index (χ1v) is 8.33. The van der Waals surface area contributed by atoms with Crippen LogP contribution in [0.25, 0.3) is 0 Å². The fraction of sp³-hybridized carbons (Fsp3) is 0.500. The average molecular weight is 360 g/mol. The van der Waals surface area contributed by atoms with Gasteiger partial charge in [0.1, 0.15) is 6.61 Å². The molecule has 3 amide bonds. The number of ether oxygens (including phenoxy) is 1. The molecule has 0 unspecified atom stereocenters. The van der Waals surface area contributed by atoms with Gasteiger partial charge in [-0.1, -0.05) is 11.6 Å². The maximum Gasteiger partial charge on any atom is 0.314 e. The number of rotatable bonds is 4. The van der Waals surface area contributed by atoms with Gasteiger partial charge in [-0.25, -0.2) is 0 Å². The Morgan fingerprint density at radius 2 is 2.00 bits per heavy atom. The summed E-state index contributed by atoms with van der Waals surface area (Å²) >= 11 is 6.95. The third-order valence-electron chi connectivity index (χ3n) is 3.47. The lowest BCUT2D eigenvalue weighted by molar-refractivity contribution is -0.138. The summed E-state index contributed by atoms with van der Waals surface area (Å²) in [5.74, 6) is -1.47. The highest BCUT2D eigenvalue weighted by molar-refractivity contribution is 7.20. The van der Waals surface area contributed by atoms with Crippen LogP contribution in [0.15, 0.2) is 12.1 Å². The van der Waals surface area contributed by atoms with Crippen LogP contribution in [0.3, 0.4) is 0 Å². The van der Waals surface area contributed by atoms with Crippen molar-refractivity contribution in [2.24, 2.45) is 0 Å². The standard InChI is InChI=1S/C14H18ClN3O4S/c1-22-8-12(19)18-6-4-9(5-7-18)16-13(20)14(21)17-11-3-2-10(15)23-11/h2-3,9H,4-8H2,1H3,(H,16,20)(H,17,21). The normalized spacial score (nSPS) is 15.3. The molecular weight excluding hydrogens is 342 g/mol. The highest BCUT2D eigenvalue weighted by Gasteiger charge is 2.25. The van der Waals surface area contributed by atoms with Crippen LogP contribution in [0.2, 0.25) is 4.34 Å². The van der Waals surface area contributed by atoms with Crippen molar-refractivity contribution in [3.8, 4) is 0 Å². The van der Waals surface area contributed by atoms with E-state index in [1.807, 2.05) is 0 Å². The van der Waals surface area contributed by atoms with Gasteiger partial charge in [0.05, 0.1) is 9.34 Å². The van der Waals surface area contributed by atoms with Crippen molar-refractivity contribution in [1.29, 1.82) is 0 Å². The third-order valence-corrected chi connectivity index (χ3v) is 4.61. The first-order chi connectivity index (χ1) is 11.0. The smallest absolute Gasteiger partial charge is 0.314 e. The van der Waals surface area contributed by atoms with Gasteiger partial charge in [0, 0.05) is 26.2 Å². The van der Waals surface area contributed by atoms with E-state index >= 15 is 0 Å². The van der Waals surface area contributed by atoms with Gasteiger partial charge in [-0.15, -0.1) is 11.3 Å². The van der Waals surface area contributed by atoms with Crippen molar-refractivity contribution in [3.63, 3.8) is 0 Å². The van der Waals surface area contributed by atoms with E-state index < -0.39 is 11.8 Å². The summed E-state index contributed by atoms with van der Waals surface area (Å²) in [7, 11) is 1.48.